The van der Waals surface area contributed by atoms with E-state index < -0.39 is 6.03 Å². The standard InChI is InChI=1S/C22H30N4O3/c27-20(24-22(29)23-12-11-18-7-3-1-4-8-18)17-25-13-15-26(16-14-25)21(28)19-9-5-2-6-10-19/h2,5-7,9-10H,1,3-4,8,11-17H2,(H2,23,24,27,29)/p+1. The zero-order valence-electron chi connectivity index (χ0n) is 16.9. The summed E-state index contributed by atoms with van der Waals surface area (Å²) in [6.45, 7) is 3.41. The number of quaternary nitrogens is 1. The summed E-state index contributed by atoms with van der Waals surface area (Å²) in [5.74, 6) is -0.251. The van der Waals surface area contributed by atoms with Gasteiger partial charge in [0, 0.05) is 12.1 Å². The molecule has 0 spiro atoms. The van der Waals surface area contributed by atoms with Gasteiger partial charge in [-0.15, -0.1) is 0 Å². The monoisotopic (exact) mass is 399 g/mol. The number of piperazine rings is 1. The van der Waals surface area contributed by atoms with Crippen molar-refractivity contribution in [2.45, 2.75) is 32.1 Å². The van der Waals surface area contributed by atoms with Crippen molar-refractivity contribution in [2.24, 2.45) is 0 Å². The predicted octanol–water partition coefficient (Wildman–Crippen LogP) is 0.744. The van der Waals surface area contributed by atoms with Crippen LogP contribution in [-0.2, 0) is 4.79 Å². The minimum absolute atomic E-state index is 0.0292. The Balaban J connectivity index is 1.32. The van der Waals surface area contributed by atoms with Gasteiger partial charge in [0.2, 0.25) is 0 Å². The second-order valence-electron chi connectivity index (χ2n) is 7.75. The lowest BCUT2D eigenvalue weighted by Crippen LogP contribution is -3.15. The summed E-state index contributed by atoms with van der Waals surface area (Å²) >= 11 is 0. The molecule has 1 aromatic rings. The van der Waals surface area contributed by atoms with E-state index in [0.717, 1.165) is 24.2 Å². The van der Waals surface area contributed by atoms with Crippen molar-refractivity contribution < 1.29 is 19.3 Å². The zero-order chi connectivity index (χ0) is 20.5. The van der Waals surface area contributed by atoms with Gasteiger partial charge in [0.15, 0.2) is 6.54 Å². The molecule has 0 aromatic heterocycles. The highest BCUT2D eigenvalue weighted by Crippen LogP contribution is 2.19. The first-order valence-electron chi connectivity index (χ1n) is 10.6. The highest BCUT2D eigenvalue weighted by molar-refractivity contribution is 5.95. The lowest BCUT2D eigenvalue weighted by atomic mass is 9.97. The summed E-state index contributed by atoms with van der Waals surface area (Å²) in [6.07, 6.45) is 7.84. The SMILES string of the molecule is O=C(C[NH+]1CCN(C(=O)c2ccccc2)CC1)NC(=O)NCCC1=CCCCC1. The Morgan fingerprint density at radius 1 is 1.03 bits per heavy atom. The van der Waals surface area contributed by atoms with Crippen molar-refractivity contribution in [3.8, 4) is 0 Å². The van der Waals surface area contributed by atoms with Gasteiger partial charge in [0.25, 0.3) is 11.8 Å². The van der Waals surface area contributed by atoms with Gasteiger partial charge in [-0.05, 0) is 44.2 Å². The maximum Gasteiger partial charge on any atom is 0.321 e. The average Bonchev–Trinajstić information content (AvgIpc) is 2.75. The van der Waals surface area contributed by atoms with E-state index in [-0.39, 0.29) is 18.4 Å². The van der Waals surface area contributed by atoms with Crippen LogP contribution in [0.15, 0.2) is 42.0 Å². The van der Waals surface area contributed by atoms with Gasteiger partial charge < -0.3 is 15.1 Å². The van der Waals surface area contributed by atoms with Crippen LogP contribution in [0.5, 0.6) is 0 Å². The Morgan fingerprint density at radius 2 is 1.79 bits per heavy atom. The summed E-state index contributed by atoms with van der Waals surface area (Å²) in [5, 5.41) is 5.18. The maximum atomic E-state index is 12.5. The molecule has 1 heterocycles. The second kappa shape index (κ2) is 10.8. The molecule has 3 N–H and O–H groups in total. The van der Waals surface area contributed by atoms with Crippen LogP contribution in [0.25, 0.3) is 0 Å². The fraction of sp³-hybridized carbons (Fsp3) is 0.500. The van der Waals surface area contributed by atoms with Crippen LogP contribution in [0.4, 0.5) is 4.79 Å². The van der Waals surface area contributed by atoms with Crippen LogP contribution in [-0.4, -0.2) is 62.0 Å². The van der Waals surface area contributed by atoms with Gasteiger partial charge in [-0.25, -0.2) is 4.79 Å². The number of allylic oxidation sites excluding steroid dienone is 1. The molecule has 1 aliphatic carbocycles. The summed E-state index contributed by atoms with van der Waals surface area (Å²) < 4.78 is 0. The van der Waals surface area contributed by atoms with Gasteiger partial charge in [-0.3, -0.25) is 14.9 Å². The molecular formula is C22H31N4O3+. The lowest BCUT2D eigenvalue weighted by Gasteiger charge is -2.31. The largest absolute Gasteiger partial charge is 0.337 e. The number of benzene rings is 1. The van der Waals surface area contributed by atoms with Crippen LogP contribution in [0.2, 0.25) is 0 Å². The number of carbonyl (C=O) groups is 3. The first-order valence-corrected chi connectivity index (χ1v) is 10.6. The molecule has 29 heavy (non-hydrogen) atoms. The van der Waals surface area contributed by atoms with Crippen molar-refractivity contribution >= 4 is 17.8 Å². The van der Waals surface area contributed by atoms with E-state index in [2.05, 4.69) is 16.7 Å². The molecule has 1 fully saturated rings. The van der Waals surface area contributed by atoms with Crippen LogP contribution in [0.1, 0.15) is 42.5 Å². The van der Waals surface area contributed by atoms with Crippen LogP contribution in [0.3, 0.4) is 0 Å². The first kappa shape index (κ1) is 21.0. The molecule has 0 saturated carbocycles. The number of carbonyl (C=O) groups excluding carboxylic acids is 3. The van der Waals surface area contributed by atoms with E-state index in [9.17, 15) is 14.4 Å². The summed E-state index contributed by atoms with van der Waals surface area (Å²) in [4.78, 5) is 39.4. The zero-order valence-corrected chi connectivity index (χ0v) is 16.9. The highest BCUT2D eigenvalue weighted by Gasteiger charge is 2.26. The summed E-state index contributed by atoms with van der Waals surface area (Å²) in [6, 6.07) is 8.81. The van der Waals surface area contributed by atoms with E-state index in [1.54, 1.807) is 0 Å². The Bertz CT molecular complexity index is 740. The molecule has 4 amide bonds. The second-order valence-corrected chi connectivity index (χ2v) is 7.75. The highest BCUT2D eigenvalue weighted by atomic mass is 16.2. The molecule has 2 aliphatic rings. The molecule has 3 rings (SSSR count). The van der Waals surface area contributed by atoms with Gasteiger partial charge in [0.05, 0.1) is 26.2 Å². The molecule has 1 aromatic carbocycles. The summed E-state index contributed by atoms with van der Waals surface area (Å²) in [5.41, 5.74) is 2.09. The molecule has 0 unspecified atom stereocenters. The molecule has 7 nitrogen and oxygen atoms in total. The predicted molar refractivity (Wildman–Crippen MR) is 111 cm³/mol. The van der Waals surface area contributed by atoms with Crippen molar-refractivity contribution in [2.75, 3.05) is 39.3 Å². The van der Waals surface area contributed by atoms with E-state index in [1.807, 2.05) is 35.2 Å². The maximum absolute atomic E-state index is 12.5. The van der Waals surface area contributed by atoms with Gasteiger partial charge in [0.1, 0.15) is 0 Å². The molecular weight excluding hydrogens is 368 g/mol. The number of nitrogens with one attached hydrogen (secondary N) is 3. The van der Waals surface area contributed by atoms with Crippen molar-refractivity contribution in [1.29, 1.82) is 0 Å². The third kappa shape index (κ3) is 6.71. The normalized spacial score (nSPS) is 17.4. The third-order valence-electron chi connectivity index (χ3n) is 5.56. The van der Waals surface area contributed by atoms with Crippen LogP contribution >= 0.6 is 0 Å². The Hall–Kier alpha value is -2.67. The van der Waals surface area contributed by atoms with Crippen LogP contribution in [0, 0.1) is 0 Å². The minimum Gasteiger partial charge on any atom is -0.337 e. The first-order chi connectivity index (χ1) is 14.1. The fourth-order valence-corrected chi connectivity index (χ4v) is 3.88. The third-order valence-corrected chi connectivity index (χ3v) is 5.56. The Labute approximate surface area is 172 Å². The van der Waals surface area contributed by atoms with Gasteiger partial charge >= 0.3 is 6.03 Å². The molecule has 0 atom stereocenters. The molecule has 156 valence electrons. The number of hydrogen-bond donors (Lipinski definition) is 3. The summed E-state index contributed by atoms with van der Waals surface area (Å²) in [7, 11) is 0. The van der Waals surface area contributed by atoms with E-state index >= 15 is 0 Å². The van der Waals surface area contributed by atoms with Gasteiger partial charge in [-0.1, -0.05) is 29.8 Å². The van der Waals surface area contributed by atoms with Crippen molar-refractivity contribution in [3.63, 3.8) is 0 Å². The number of hydrogen-bond acceptors (Lipinski definition) is 3. The fourth-order valence-electron chi connectivity index (χ4n) is 3.88. The molecule has 0 radical (unpaired) electrons. The number of urea groups is 1. The molecule has 1 saturated heterocycles. The molecule has 0 bridgehead atoms. The van der Waals surface area contributed by atoms with Crippen LogP contribution < -0.4 is 15.5 Å². The number of imide groups is 1. The van der Waals surface area contributed by atoms with Crippen molar-refractivity contribution in [1.82, 2.24) is 15.5 Å². The number of rotatable bonds is 6. The average molecular weight is 400 g/mol. The lowest BCUT2D eigenvalue weighted by molar-refractivity contribution is -0.895. The van der Waals surface area contributed by atoms with E-state index in [4.69, 9.17) is 0 Å². The number of amides is 4. The topological polar surface area (TPSA) is 83.0 Å². The Morgan fingerprint density at radius 3 is 2.48 bits per heavy atom. The van der Waals surface area contributed by atoms with E-state index in [1.165, 1.54) is 18.4 Å². The minimum atomic E-state index is -0.427. The molecule has 1 aliphatic heterocycles. The quantitative estimate of drug-likeness (QED) is 0.617. The van der Waals surface area contributed by atoms with Crippen molar-refractivity contribution in [3.05, 3.63) is 47.5 Å². The molecule has 7 heteroatoms. The Kier molecular flexibility index (Phi) is 7.81. The van der Waals surface area contributed by atoms with E-state index in [0.29, 0.717) is 38.3 Å². The smallest absolute Gasteiger partial charge is 0.321 e. The number of nitrogens with zero attached hydrogens (tertiary/aromatic N) is 1. The van der Waals surface area contributed by atoms with Gasteiger partial charge in [-0.2, -0.15) is 0 Å².